The predicted octanol–water partition coefficient (Wildman–Crippen LogP) is 1.45. The summed E-state index contributed by atoms with van der Waals surface area (Å²) in [6.45, 7) is -0.0542. The minimum absolute atomic E-state index is 0.0542. The molecule has 1 amide bonds. The highest BCUT2D eigenvalue weighted by Gasteiger charge is 2.34. The van der Waals surface area contributed by atoms with Crippen LogP contribution in [0.15, 0.2) is 18.2 Å². The van der Waals surface area contributed by atoms with E-state index in [0.29, 0.717) is 17.3 Å². The van der Waals surface area contributed by atoms with Crippen LogP contribution < -0.4 is 9.47 Å². The van der Waals surface area contributed by atoms with Crippen LogP contribution in [0.4, 0.5) is 0 Å². The Bertz CT molecular complexity index is 548. The van der Waals surface area contributed by atoms with Gasteiger partial charge >= 0.3 is 5.97 Å². The number of amides is 1. The molecule has 1 saturated heterocycles. The molecule has 0 radical (unpaired) electrons. The maximum atomic E-state index is 11.9. The second kappa shape index (κ2) is 6.71. The molecule has 2 rings (SSSR count). The average Bonchev–Trinajstić information content (AvgIpc) is 2.87. The van der Waals surface area contributed by atoms with Gasteiger partial charge in [0, 0.05) is 0 Å². The van der Waals surface area contributed by atoms with Gasteiger partial charge in [-0.15, -0.1) is 11.8 Å². The van der Waals surface area contributed by atoms with E-state index in [0.717, 1.165) is 5.56 Å². The first-order valence-electron chi connectivity index (χ1n) is 6.30. The average molecular weight is 311 g/mol. The summed E-state index contributed by atoms with van der Waals surface area (Å²) in [6, 6.07) is 5.47. The van der Waals surface area contributed by atoms with Gasteiger partial charge in [-0.25, -0.2) is 0 Å². The van der Waals surface area contributed by atoms with E-state index in [4.69, 9.17) is 9.47 Å². The molecular weight excluding hydrogens is 294 g/mol. The molecule has 0 N–H and O–H groups in total. The van der Waals surface area contributed by atoms with Crippen LogP contribution in [-0.2, 0) is 14.3 Å². The molecule has 1 heterocycles. The highest BCUT2D eigenvalue weighted by molar-refractivity contribution is 8.00. The monoisotopic (exact) mass is 311 g/mol. The summed E-state index contributed by atoms with van der Waals surface area (Å²) in [6.07, 6.45) is 0. The molecule has 0 aromatic heterocycles. The van der Waals surface area contributed by atoms with Gasteiger partial charge in [-0.05, 0) is 17.7 Å². The Morgan fingerprint density at radius 3 is 2.62 bits per heavy atom. The van der Waals surface area contributed by atoms with Crippen molar-refractivity contribution in [1.29, 1.82) is 0 Å². The fourth-order valence-corrected chi connectivity index (χ4v) is 3.29. The SMILES string of the molecule is COC(=O)CN1C(=O)CSC1c1ccc(OC)c(OC)c1. The molecule has 6 nitrogen and oxygen atoms in total. The van der Waals surface area contributed by atoms with Crippen LogP contribution >= 0.6 is 11.8 Å². The van der Waals surface area contributed by atoms with Crippen molar-refractivity contribution in [3.05, 3.63) is 23.8 Å². The number of ether oxygens (including phenoxy) is 3. The zero-order chi connectivity index (χ0) is 15.4. The van der Waals surface area contributed by atoms with Gasteiger partial charge in [0.2, 0.25) is 5.91 Å². The summed E-state index contributed by atoms with van der Waals surface area (Å²) in [5.74, 6) is 1.04. The third-order valence-electron chi connectivity index (χ3n) is 3.19. The van der Waals surface area contributed by atoms with E-state index >= 15 is 0 Å². The minimum atomic E-state index is -0.434. The largest absolute Gasteiger partial charge is 0.493 e. The van der Waals surface area contributed by atoms with E-state index in [1.165, 1.54) is 23.8 Å². The number of hydrogen-bond acceptors (Lipinski definition) is 6. The molecule has 0 spiro atoms. The number of nitrogens with zero attached hydrogens (tertiary/aromatic N) is 1. The Morgan fingerprint density at radius 1 is 1.29 bits per heavy atom. The van der Waals surface area contributed by atoms with E-state index in [9.17, 15) is 9.59 Å². The van der Waals surface area contributed by atoms with Crippen molar-refractivity contribution in [2.45, 2.75) is 5.37 Å². The lowest BCUT2D eigenvalue weighted by Gasteiger charge is -2.23. The number of methoxy groups -OCH3 is 3. The quantitative estimate of drug-likeness (QED) is 0.767. The van der Waals surface area contributed by atoms with Gasteiger partial charge in [0.05, 0.1) is 27.1 Å². The fourth-order valence-electron chi connectivity index (χ4n) is 2.11. The van der Waals surface area contributed by atoms with Crippen molar-refractivity contribution in [2.75, 3.05) is 33.6 Å². The second-order valence-corrected chi connectivity index (χ2v) is 5.44. The summed E-state index contributed by atoms with van der Waals surface area (Å²) in [5.41, 5.74) is 0.882. The van der Waals surface area contributed by atoms with Gasteiger partial charge < -0.3 is 19.1 Å². The third-order valence-corrected chi connectivity index (χ3v) is 4.44. The lowest BCUT2D eigenvalue weighted by atomic mass is 10.2. The molecule has 1 atom stereocenters. The topological polar surface area (TPSA) is 65.1 Å². The van der Waals surface area contributed by atoms with Crippen LogP contribution in [0.1, 0.15) is 10.9 Å². The zero-order valence-corrected chi connectivity index (χ0v) is 12.9. The van der Waals surface area contributed by atoms with Crippen molar-refractivity contribution in [2.24, 2.45) is 0 Å². The predicted molar refractivity (Wildman–Crippen MR) is 78.5 cm³/mol. The smallest absolute Gasteiger partial charge is 0.325 e. The second-order valence-electron chi connectivity index (χ2n) is 4.38. The first kappa shape index (κ1) is 15.5. The van der Waals surface area contributed by atoms with Gasteiger partial charge in [-0.1, -0.05) is 6.07 Å². The molecule has 21 heavy (non-hydrogen) atoms. The van der Waals surface area contributed by atoms with Crippen LogP contribution in [0.3, 0.4) is 0 Å². The lowest BCUT2D eigenvalue weighted by molar-refractivity contribution is -0.146. The summed E-state index contributed by atoms with van der Waals surface area (Å²) < 4.78 is 15.1. The Balaban J connectivity index is 2.27. The highest BCUT2D eigenvalue weighted by atomic mass is 32.2. The number of esters is 1. The molecule has 1 aliphatic rings. The Labute approximate surface area is 127 Å². The van der Waals surface area contributed by atoms with Gasteiger partial charge in [-0.3, -0.25) is 9.59 Å². The lowest BCUT2D eigenvalue weighted by Crippen LogP contribution is -2.34. The number of rotatable bonds is 5. The van der Waals surface area contributed by atoms with E-state index in [-0.39, 0.29) is 17.8 Å². The molecule has 1 unspecified atom stereocenters. The summed E-state index contributed by atoms with van der Waals surface area (Å²) in [5, 5.41) is -0.226. The Hall–Kier alpha value is -1.89. The number of hydrogen-bond donors (Lipinski definition) is 0. The Morgan fingerprint density at radius 2 is 2.00 bits per heavy atom. The van der Waals surface area contributed by atoms with Crippen molar-refractivity contribution in [3.8, 4) is 11.5 Å². The summed E-state index contributed by atoms with van der Waals surface area (Å²) in [7, 11) is 4.43. The van der Waals surface area contributed by atoms with Crippen LogP contribution in [0, 0.1) is 0 Å². The molecule has 0 bridgehead atoms. The normalized spacial score (nSPS) is 17.8. The maximum Gasteiger partial charge on any atom is 0.325 e. The molecule has 0 saturated carbocycles. The standard InChI is InChI=1S/C14H17NO5S/c1-18-10-5-4-9(6-11(10)19-2)14-15(7-13(17)20-3)12(16)8-21-14/h4-6,14H,7-8H2,1-3H3. The summed E-state index contributed by atoms with van der Waals surface area (Å²) >= 11 is 1.47. The number of carbonyl (C=O) groups excluding carboxylic acids is 2. The van der Waals surface area contributed by atoms with Crippen LogP contribution in [0.5, 0.6) is 11.5 Å². The van der Waals surface area contributed by atoms with Crippen molar-refractivity contribution < 1.29 is 23.8 Å². The Kier molecular flexibility index (Phi) is 4.95. The maximum absolute atomic E-state index is 11.9. The number of carbonyl (C=O) groups is 2. The minimum Gasteiger partial charge on any atom is -0.493 e. The summed E-state index contributed by atoms with van der Waals surface area (Å²) in [4.78, 5) is 24.9. The fraction of sp³-hybridized carbons (Fsp3) is 0.429. The molecule has 1 fully saturated rings. The molecular formula is C14H17NO5S. The van der Waals surface area contributed by atoms with Crippen molar-refractivity contribution >= 4 is 23.6 Å². The van der Waals surface area contributed by atoms with Crippen LogP contribution in [0.25, 0.3) is 0 Å². The van der Waals surface area contributed by atoms with Gasteiger partial charge in [0.1, 0.15) is 11.9 Å². The molecule has 7 heteroatoms. The van der Waals surface area contributed by atoms with E-state index in [1.54, 1.807) is 20.3 Å². The van der Waals surface area contributed by atoms with Gasteiger partial charge in [0.25, 0.3) is 0 Å². The third kappa shape index (κ3) is 3.24. The van der Waals surface area contributed by atoms with E-state index in [1.807, 2.05) is 12.1 Å². The van der Waals surface area contributed by atoms with Crippen LogP contribution in [0.2, 0.25) is 0 Å². The molecule has 0 aliphatic carbocycles. The van der Waals surface area contributed by atoms with E-state index < -0.39 is 5.97 Å². The van der Waals surface area contributed by atoms with Crippen molar-refractivity contribution in [3.63, 3.8) is 0 Å². The number of benzene rings is 1. The highest BCUT2D eigenvalue weighted by Crippen LogP contribution is 2.41. The van der Waals surface area contributed by atoms with Crippen LogP contribution in [-0.4, -0.2) is 50.4 Å². The number of thioether (sulfide) groups is 1. The molecule has 114 valence electrons. The molecule has 1 aliphatic heterocycles. The first-order valence-corrected chi connectivity index (χ1v) is 7.35. The first-order chi connectivity index (χ1) is 10.1. The molecule has 1 aromatic rings. The molecule has 1 aromatic carbocycles. The van der Waals surface area contributed by atoms with Gasteiger partial charge in [0.15, 0.2) is 11.5 Å². The van der Waals surface area contributed by atoms with E-state index in [2.05, 4.69) is 4.74 Å². The van der Waals surface area contributed by atoms with Crippen molar-refractivity contribution in [1.82, 2.24) is 4.90 Å². The van der Waals surface area contributed by atoms with Gasteiger partial charge in [-0.2, -0.15) is 0 Å². The zero-order valence-electron chi connectivity index (χ0n) is 12.1.